The quantitative estimate of drug-likeness (QED) is 0.604. The molecule has 0 aromatic carbocycles. The number of carboxylic acid groups (broad SMARTS) is 1. The van der Waals surface area contributed by atoms with Gasteiger partial charge in [0.25, 0.3) is 0 Å². The van der Waals surface area contributed by atoms with Crippen LogP contribution in [0.4, 0.5) is 4.79 Å². The van der Waals surface area contributed by atoms with Crippen LogP contribution in [0.1, 0.15) is 33.6 Å². The van der Waals surface area contributed by atoms with Crippen LogP contribution in [0, 0.1) is 0 Å². The van der Waals surface area contributed by atoms with Crippen molar-refractivity contribution in [2.75, 3.05) is 20.1 Å². The largest absolute Gasteiger partial charge is 0.481 e. The minimum Gasteiger partial charge on any atom is -0.481 e. The molecule has 0 bridgehead atoms. The molecular weight excluding hydrogens is 234 g/mol. The van der Waals surface area contributed by atoms with E-state index in [9.17, 15) is 9.59 Å². The first kappa shape index (κ1) is 16.7. The summed E-state index contributed by atoms with van der Waals surface area (Å²) in [5, 5.41) is 14.0. The van der Waals surface area contributed by atoms with Crippen molar-refractivity contribution in [2.24, 2.45) is 0 Å². The molecule has 3 N–H and O–H groups in total. The lowest BCUT2D eigenvalue weighted by Gasteiger charge is -2.21. The zero-order valence-corrected chi connectivity index (χ0v) is 11.7. The van der Waals surface area contributed by atoms with E-state index in [1.807, 2.05) is 7.05 Å². The number of carbonyl (C=O) groups excluding carboxylic acids is 1. The van der Waals surface area contributed by atoms with Gasteiger partial charge in [-0.25, -0.2) is 4.79 Å². The van der Waals surface area contributed by atoms with Gasteiger partial charge in [0.1, 0.15) is 0 Å². The van der Waals surface area contributed by atoms with Crippen molar-refractivity contribution in [3.8, 4) is 0 Å². The summed E-state index contributed by atoms with van der Waals surface area (Å²) in [6.45, 7) is 7.34. The van der Waals surface area contributed by atoms with Crippen molar-refractivity contribution < 1.29 is 14.7 Å². The second-order valence-electron chi connectivity index (χ2n) is 4.81. The Morgan fingerprint density at radius 3 is 2.39 bits per heavy atom. The van der Waals surface area contributed by atoms with Crippen LogP contribution in [0.2, 0.25) is 0 Å². The standard InChI is InChI=1S/C12H25N3O3/c1-9(2)15(4)8-7-13-12(18)14-10(3)5-6-11(16)17/h9-10H,5-8H2,1-4H3,(H,16,17)(H2,13,14,18). The van der Waals surface area contributed by atoms with Gasteiger partial charge in [0.15, 0.2) is 0 Å². The number of urea groups is 1. The second kappa shape index (κ2) is 8.74. The van der Waals surface area contributed by atoms with Gasteiger partial charge < -0.3 is 20.6 Å². The molecule has 106 valence electrons. The van der Waals surface area contributed by atoms with Crippen LogP contribution in [-0.2, 0) is 4.79 Å². The molecule has 6 heteroatoms. The Balaban J connectivity index is 3.67. The lowest BCUT2D eigenvalue weighted by molar-refractivity contribution is -0.137. The first-order valence-electron chi connectivity index (χ1n) is 6.29. The van der Waals surface area contributed by atoms with Gasteiger partial charge in [0, 0.05) is 31.6 Å². The van der Waals surface area contributed by atoms with Crippen LogP contribution in [0.15, 0.2) is 0 Å². The maximum atomic E-state index is 11.5. The number of carbonyl (C=O) groups is 2. The van der Waals surface area contributed by atoms with E-state index in [0.29, 0.717) is 19.0 Å². The topological polar surface area (TPSA) is 81.7 Å². The van der Waals surface area contributed by atoms with Gasteiger partial charge in [-0.15, -0.1) is 0 Å². The first-order valence-corrected chi connectivity index (χ1v) is 6.29. The zero-order valence-electron chi connectivity index (χ0n) is 11.7. The maximum Gasteiger partial charge on any atom is 0.315 e. The molecule has 1 unspecified atom stereocenters. The Morgan fingerprint density at radius 1 is 1.28 bits per heavy atom. The fraction of sp³-hybridized carbons (Fsp3) is 0.833. The van der Waals surface area contributed by atoms with Gasteiger partial charge in [0.2, 0.25) is 0 Å². The summed E-state index contributed by atoms with van der Waals surface area (Å²) in [4.78, 5) is 24.0. The van der Waals surface area contributed by atoms with Crippen molar-refractivity contribution in [2.45, 2.75) is 45.7 Å². The van der Waals surface area contributed by atoms with E-state index in [4.69, 9.17) is 5.11 Å². The van der Waals surface area contributed by atoms with Crippen molar-refractivity contribution in [3.63, 3.8) is 0 Å². The highest BCUT2D eigenvalue weighted by Crippen LogP contribution is 1.96. The van der Waals surface area contributed by atoms with Crippen molar-refractivity contribution in [1.29, 1.82) is 0 Å². The molecule has 6 nitrogen and oxygen atoms in total. The van der Waals surface area contributed by atoms with E-state index < -0.39 is 5.97 Å². The van der Waals surface area contributed by atoms with Crippen LogP contribution in [-0.4, -0.2) is 54.2 Å². The molecule has 0 rings (SSSR count). The van der Waals surface area contributed by atoms with Crippen LogP contribution in [0.25, 0.3) is 0 Å². The predicted octanol–water partition coefficient (Wildman–Crippen LogP) is 0.879. The third kappa shape index (κ3) is 8.81. The number of nitrogens with zero attached hydrogens (tertiary/aromatic N) is 1. The number of aliphatic carboxylic acids is 1. The summed E-state index contributed by atoms with van der Waals surface area (Å²) in [6.07, 6.45) is 0.506. The Labute approximate surface area is 109 Å². The summed E-state index contributed by atoms with van der Waals surface area (Å²) in [5.74, 6) is -0.845. The molecule has 0 aliphatic carbocycles. The lowest BCUT2D eigenvalue weighted by atomic mass is 10.2. The lowest BCUT2D eigenvalue weighted by Crippen LogP contribution is -2.44. The number of hydrogen-bond donors (Lipinski definition) is 3. The fourth-order valence-electron chi connectivity index (χ4n) is 1.29. The third-order valence-electron chi connectivity index (χ3n) is 2.80. The SMILES string of the molecule is CC(CCC(=O)O)NC(=O)NCCN(C)C(C)C. The highest BCUT2D eigenvalue weighted by atomic mass is 16.4. The zero-order chi connectivity index (χ0) is 14.1. The summed E-state index contributed by atoms with van der Waals surface area (Å²) < 4.78 is 0. The molecule has 0 saturated heterocycles. The van der Waals surface area contributed by atoms with E-state index in [1.54, 1.807) is 6.92 Å². The molecule has 18 heavy (non-hydrogen) atoms. The Kier molecular flexibility index (Phi) is 8.11. The van der Waals surface area contributed by atoms with Gasteiger partial charge in [0.05, 0.1) is 0 Å². The average molecular weight is 259 g/mol. The summed E-state index contributed by atoms with van der Waals surface area (Å²) in [6, 6.07) is 0.0679. The molecule has 1 atom stereocenters. The Morgan fingerprint density at radius 2 is 1.89 bits per heavy atom. The van der Waals surface area contributed by atoms with E-state index in [2.05, 4.69) is 29.4 Å². The van der Waals surface area contributed by atoms with E-state index in [1.165, 1.54) is 0 Å². The van der Waals surface area contributed by atoms with Gasteiger partial charge in [-0.05, 0) is 34.2 Å². The average Bonchev–Trinajstić information content (AvgIpc) is 2.25. The van der Waals surface area contributed by atoms with Gasteiger partial charge in [-0.1, -0.05) is 0 Å². The summed E-state index contributed by atoms with van der Waals surface area (Å²) in [7, 11) is 2.00. The number of nitrogens with one attached hydrogen (secondary N) is 2. The van der Waals surface area contributed by atoms with Crippen molar-refractivity contribution >= 4 is 12.0 Å². The van der Waals surface area contributed by atoms with E-state index in [-0.39, 0.29) is 18.5 Å². The third-order valence-corrected chi connectivity index (χ3v) is 2.80. The number of rotatable bonds is 8. The molecule has 0 saturated carbocycles. The molecule has 0 aliphatic rings. The second-order valence-corrected chi connectivity index (χ2v) is 4.81. The molecular formula is C12H25N3O3. The van der Waals surface area contributed by atoms with Crippen LogP contribution in [0.3, 0.4) is 0 Å². The van der Waals surface area contributed by atoms with Gasteiger partial charge in [-0.2, -0.15) is 0 Å². The number of carboxylic acids is 1. The van der Waals surface area contributed by atoms with Crippen LogP contribution >= 0.6 is 0 Å². The van der Waals surface area contributed by atoms with E-state index >= 15 is 0 Å². The monoisotopic (exact) mass is 259 g/mol. The molecule has 2 amide bonds. The van der Waals surface area contributed by atoms with Crippen LogP contribution in [0.5, 0.6) is 0 Å². The number of likely N-dealkylation sites (N-methyl/N-ethyl adjacent to an activating group) is 1. The minimum absolute atomic E-state index is 0.0670. The number of amides is 2. The summed E-state index contributed by atoms with van der Waals surface area (Å²) >= 11 is 0. The normalized spacial score (nSPS) is 12.6. The van der Waals surface area contributed by atoms with Gasteiger partial charge in [-0.3, -0.25) is 4.79 Å². The molecule has 0 aromatic heterocycles. The predicted molar refractivity (Wildman–Crippen MR) is 70.6 cm³/mol. The van der Waals surface area contributed by atoms with Crippen molar-refractivity contribution in [1.82, 2.24) is 15.5 Å². The molecule has 0 aromatic rings. The first-order chi connectivity index (χ1) is 8.32. The van der Waals surface area contributed by atoms with Gasteiger partial charge >= 0.3 is 12.0 Å². The summed E-state index contributed by atoms with van der Waals surface area (Å²) in [5.41, 5.74) is 0. The van der Waals surface area contributed by atoms with Crippen LogP contribution < -0.4 is 10.6 Å². The fourth-order valence-corrected chi connectivity index (χ4v) is 1.29. The number of hydrogen-bond acceptors (Lipinski definition) is 3. The van der Waals surface area contributed by atoms with E-state index in [0.717, 1.165) is 6.54 Å². The molecule has 0 heterocycles. The highest BCUT2D eigenvalue weighted by molar-refractivity contribution is 5.74. The molecule has 0 radical (unpaired) electrons. The Hall–Kier alpha value is -1.30. The molecule has 0 fully saturated rings. The highest BCUT2D eigenvalue weighted by Gasteiger charge is 2.09. The molecule has 0 spiro atoms. The van der Waals surface area contributed by atoms with Crippen molar-refractivity contribution in [3.05, 3.63) is 0 Å². The maximum absolute atomic E-state index is 11.5. The smallest absolute Gasteiger partial charge is 0.315 e. The Bertz CT molecular complexity index is 269. The molecule has 0 aliphatic heterocycles. The minimum atomic E-state index is -0.845.